The van der Waals surface area contributed by atoms with E-state index >= 15 is 0 Å². The molecule has 2 aromatic rings. The molecule has 0 bridgehead atoms. The van der Waals surface area contributed by atoms with Gasteiger partial charge in [0.15, 0.2) is 0 Å². The molecule has 1 aromatic heterocycles. The number of anilines is 1. The highest BCUT2D eigenvalue weighted by Crippen LogP contribution is 2.22. The smallest absolute Gasteiger partial charge is 0.253 e. The van der Waals surface area contributed by atoms with E-state index in [0.717, 1.165) is 12.8 Å². The van der Waals surface area contributed by atoms with Crippen molar-refractivity contribution in [1.29, 1.82) is 5.26 Å². The van der Waals surface area contributed by atoms with E-state index in [1.165, 1.54) is 6.20 Å². The first-order valence-electron chi connectivity index (χ1n) is 6.78. The van der Waals surface area contributed by atoms with Crippen molar-refractivity contribution in [1.82, 2.24) is 25.9 Å². The van der Waals surface area contributed by atoms with E-state index in [2.05, 4.69) is 31.3 Å². The number of para-hydroxylation sites is 1. The molecule has 1 heterocycles. The summed E-state index contributed by atoms with van der Waals surface area (Å²) in [6.07, 6.45) is 3.50. The summed E-state index contributed by atoms with van der Waals surface area (Å²) in [5.74, 6) is 0.0620. The summed E-state index contributed by atoms with van der Waals surface area (Å²) < 4.78 is 0. The fourth-order valence-corrected chi connectivity index (χ4v) is 1.87. The van der Waals surface area contributed by atoms with Gasteiger partial charge in [-0.05, 0) is 30.2 Å². The highest BCUT2D eigenvalue weighted by atomic mass is 16.1. The summed E-state index contributed by atoms with van der Waals surface area (Å²) in [6, 6.07) is 9.36. The van der Waals surface area contributed by atoms with Crippen molar-refractivity contribution >= 4 is 17.2 Å². The lowest BCUT2D eigenvalue weighted by Crippen LogP contribution is -2.26. The normalized spacial score (nSPS) is 14.2. The first-order chi connectivity index (χ1) is 10.8. The van der Waals surface area contributed by atoms with Gasteiger partial charge in [-0.2, -0.15) is 10.5 Å². The van der Waals surface area contributed by atoms with Crippen LogP contribution in [-0.4, -0.2) is 32.6 Å². The maximum atomic E-state index is 12.2. The maximum absolute atomic E-state index is 12.2. The Morgan fingerprint density at radius 3 is 2.91 bits per heavy atom. The molecule has 0 unspecified atom stereocenters. The SMILES string of the molecule is N#CC(=CNc1ccccc1C(=O)NC1CC1)c1nn[nH]n1. The average molecular weight is 295 g/mol. The average Bonchev–Trinajstić information content (AvgIpc) is 3.19. The Labute approximate surface area is 126 Å². The quantitative estimate of drug-likeness (QED) is 0.710. The molecule has 0 saturated heterocycles. The number of carbonyl (C=O) groups is 1. The summed E-state index contributed by atoms with van der Waals surface area (Å²) in [7, 11) is 0. The second-order valence-corrected chi connectivity index (χ2v) is 4.84. The topological polar surface area (TPSA) is 119 Å². The number of hydrogen-bond donors (Lipinski definition) is 3. The molecule has 0 spiro atoms. The number of H-pyrrole nitrogens is 1. The van der Waals surface area contributed by atoms with E-state index in [1.807, 2.05) is 12.1 Å². The fraction of sp³-hybridized carbons (Fsp3) is 0.214. The summed E-state index contributed by atoms with van der Waals surface area (Å²) in [5.41, 5.74) is 1.35. The van der Waals surface area contributed by atoms with Gasteiger partial charge in [0.2, 0.25) is 5.82 Å². The first kappa shape index (κ1) is 13.8. The van der Waals surface area contributed by atoms with Gasteiger partial charge in [-0.1, -0.05) is 12.1 Å². The van der Waals surface area contributed by atoms with Gasteiger partial charge < -0.3 is 10.6 Å². The number of rotatable bonds is 5. The molecule has 1 saturated carbocycles. The maximum Gasteiger partial charge on any atom is 0.253 e. The lowest BCUT2D eigenvalue weighted by atomic mass is 10.1. The Hall–Kier alpha value is -3.21. The molecule has 1 aliphatic carbocycles. The molecular weight excluding hydrogens is 282 g/mol. The van der Waals surface area contributed by atoms with E-state index in [9.17, 15) is 4.79 Å². The zero-order chi connectivity index (χ0) is 15.4. The van der Waals surface area contributed by atoms with Crippen molar-refractivity contribution in [2.75, 3.05) is 5.32 Å². The monoisotopic (exact) mass is 295 g/mol. The third kappa shape index (κ3) is 3.09. The Kier molecular flexibility index (Phi) is 3.78. The molecule has 22 heavy (non-hydrogen) atoms. The third-order valence-corrected chi connectivity index (χ3v) is 3.16. The van der Waals surface area contributed by atoms with Crippen LogP contribution in [0.3, 0.4) is 0 Å². The van der Waals surface area contributed by atoms with Gasteiger partial charge >= 0.3 is 0 Å². The van der Waals surface area contributed by atoms with Crippen LogP contribution in [0, 0.1) is 11.3 Å². The molecule has 0 radical (unpaired) electrons. The van der Waals surface area contributed by atoms with Gasteiger partial charge in [0.05, 0.1) is 11.3 Å². The van der Waals surface area contributed by atoms with E-state index in [1.54, 1.807) is 18.2 Å². The Balaban J connectivity index is 1.80. The van der Waals surface area contributed by atoms with Crippen LogP contribution in [0.1, 0.15) is 29.0 Å². The minimum absolute atomic E-state index is 0.128. The van der Waals surface area contributed by atoms with Gasteiger partial charge in [0.25, 0.3) is 5.91 Å². The van der Waals surface area contributed by atoms with Crippen molar-refractivity contribution in [3.63, 3.8) is 0 Å². The Bertz CT molecular complexity index is 741. The van der Waals surface area contributed by atoms with Gasteiger partial charge in [-0.3, -0.25) is 4.79 Å². The molecule has 3 N–H and O–H groups in total. The van der Waals surface area contributed by atoms with Crippen molar-refractivity contribution in [2.45, 2.75) is 18.9 Å². The number of nitriles is 1. The number of nitrogens with one attached hydrogen (secondary N) is 3. The third-order valence-electron chi connectivity index (χ3n) is 3.16. The van der Waals surface area contributed by atoms with Gasteiger partial charge in [0, 0.05) is 12.2 Å². The van der Waals surface area contributed by atoms with Crippen LogP contribution in [0.5, 0.6) is 0 Å². The highest BCUT2D eigenvalue weighted by molar-refractivity contribution is 6.00. The van der Waals surface area contributed by atoms with Crippen LogP contribution in [0.25, 0.3) is 5.57 Å². The number of allylic oxidation sites excluding steroid dienone is 1. The number of carbonyl (C=O) groups excluding carboxylic acids is 1. The lowest BCUT2D eigenvalue weighted by Gasteiger charge is -2.09. The summed E-state index contributed by atoms with van der Waals surface area (Å²) in [5, 5.41) is 28.2. The number of benzene rings is 1. The number of aromatic amines is 1. The second kappa shape index (κ2) is 6.05. The Morgan fingerprint density at radius 1 is 1.41 bits per heavy atom. The van der Waals surface area contributed by atoms with E-state index in [-0.39, 0.29) is 23.3 Å². The van der Waals surface area contributed by atoms with Gasteiger partial charge in [-0.15, -0.1) is 10.2 Å². The van der Waals surface area contributed by atoms with Gasteiger partial charge in [-0.25, -0.2) is 0 Å². The number of amides is 1. The van der Waals surface area contributed by atoms with Crippen LogP contribution >= 0.6 is 0 Å². The summed E-state index contributed by atoms with van der Waals surface area (Å²) in [6.45, 7) is 0. The Morgan fingerprint density at radius 2 is 2.23 bits per heavy atom. The molecule has 1 amide bonds. The molecule has 1 fully saturated rings. The van der Waals surface area contributed by atoms with E-state index in [4.69, 9.17) is 5.26 Å². The number of aromatic nitrogens is 4. The van der Waals surface area contributed by atoms with Crippen LogP contribution in [0.2, 0.25) is 0 Å². The van der Waals surface area contributed by atoms with Crippen LogP contribution in [-0.2, 0) is 0 Å². The molecule has 1 aromatic carbocycles. The minimum atomic E-state index is -0.128. The van der Waals surface area contributed by atoms with Crippen LogP contribution in [0.4, 0.5) is 5.69 Å². The van der Waals surface area contributed by atoms with Gasteiger partial charge in [0.1, 0.15) is 11.6 Å². The predicted octanol–water partition coefficient (Wildman–Crippen LogP) is 1.07. The standard InChI is InChI=1S/C14H13N7O/c15-7-9(13-18-20-21-19-13)8-16-12-4-2-1-3-11(12)14(22)17-10-5-6-10/h1-4,8,10,16H,5-6H2,(H,17,22)(H,18,19,20,21). The first-order valence-corrected chi connectivity index (χ1v) is 6.78. The molecule has 1 aliphatic rings. The molecule has 0 atom stereocenters. The fourth-order valence-electron chi connectivity index (χ4n) is 1.87. The second-order valence-electron chi connectivity index (χ2n) is 4.84. The predicted molar refractivity (Wildman–Crippen MR) is 78.3 cm³/mol. The molecular formula is C14H13N7O. The number of tetrazole rings is 1. The summed E-state index contributed by atoms with van der Waals surface area (Å²) >= 11 is 0. The minimum Gasteiger partial charge on any atom is -0.360 e. The molecule has 8 nitrogen and oxygen atoms in total. The largest absolute Gasteiger partial charge is 0.360 e. The number of hydrogen-bond acceptors (Lipinski definition) is 6. The van der Waals surface area contributed by atoms with Crippen molar-refractivity contribution in [3.8, 4) is 6.07 Å². The zero-order valence-electron chi connectivity index (χ0n) is 11.6. The number of nitrogens with zero attached hydrogens (tertiary/aromatic N) is 4. The van der Waals surface area contributed by atoms with E-state index in [0.29, 0.717) is 11.3 Å². The summed E-state index contributed by atoms with van der Waals surface area (Å²) in [4.78, 5) is 12.2. The van der Waals surface area contributed by atoms with Crippen molar-refractivity contribution in [2.24, 2.45) is 0 Å². The van der Waals surface area contributed by atoms with Crippen LogP contribution in [0.15, 0.2) is 30.5 Å². The molecule has 110 valence electrons. The van der Waals surface area contributed by atoms with Crippen molar-refractivity contribution in [3.05, 3.63) is 41.9 Å². The van der Waals surface area contributed by atoms with Crippen molar-refractivity contribution < 1.29 is 4.79 Å². The molecule has 3 rings (SSSR count). The highest BCUT2D eigenvalue weighted by Gasteiger charge is 2.24. The van der Waals surface area contributed by atoms with Crippen LogP contribution < -0.4 is 10.6 Å². The molecule has 8 heteroatoms. The lowest BCUT2D eigenvalue weighted by molar-refractivity contribution is 0.0952. The zero-order valence-corrected chi connectivity index (χ0v) is 11.6. The van der Waals surface area contributed by atoms with E-state index < -0.39 is 0 Å². The molecule has 0 aliphatic heterocycles.